The van der Waals surface area contributed by atoms with Gasteiger partial charge in [0.1, 0.15) is 11.5 Å². The fourth-order valence-electron chi connectivity index (χ4n) is 4.24. The van der Waals surface area contributed by atoms with E-state index in [9.17, 15) is 13.2 Å². The van der Waals surface area contributed by atoms with Crippen LogP contribution in [0.5, 0.6) is 5.88 Å². The lowest BCUT2D eigenvalue weighted by Crippen LogP contribution is -2.21. The molecule has 0 unspecified atom stereocenters. The second-order valence-electron chi connectivity index (χ2n) is 7.90. The molecule has 3 aromatic heterocycles. The molecule has 0 bridgehead atoms. The largest absolute Gasteiger partial charge is 0.479 e. The summed E-state index contributed by atoms with van der Waals surface area (Å²) in [5.74, 6) is 0.935. The number of aryl methyl sites for hydroxylation is 1. The molecule has 1 aliphatic heterocycles. The minimum atomic E-state index is -4.42. The fourth-order valence-corrected chi connectivity index (χ4v) is 4.24. The van der Waals surface area contributed by atoms with Crippen LogP contribution in [0.1, 0.15) is 47.2 Å². The van der Waals surface area contributed by atoms with Crippen molar-refractivity contribution in [2.24, 2.45) is 0 Å². The van der Waals surface area contributed by atoms with E-state index in [4.69, 9.17) is 4.74 Å². The van der Waals surface area contributed by atoms with Crippen LogP contribution in [0.3, 0.4) is 0 Å². The second-order valence-corrected chi connectivity index (χ2v) is 7.90. The summed E-state index contributed by atoms with van der Waals surface area (Å²) >= 11 is 0. The van der Waals surface area contributed by atoms with E-state index < -0.39 is 17.7 Å². The minimum absolute atomic E-state index is 0.236. The Balaban J connectivity index is 1.44. The van der Waals surface area contributed by atoms with Gasteiger partial charge in [-0.2, -0.15) is 18.3 Å². The standard InChI is InChI=1S/C24H21F3N6O/c1-34-23-20(32-14-12-28-15-32)10-8-16(29-23)9-11-21-30-22-18(6-4-13-33(22)31-21)17-5-2-3-7-19(17)24(25,26)27/h2-3,5,7-12,14-15,18H,4,6,13H2,1H3/t18-/m0/s1. The maximum Gasteiger partial charge on any atom is 0.416 e. The van der Waals surface area contributed by atoms with Crippen molar-refractivity contribution < 1.29 is 17.9 Å². The number of halogens is 3. The predicted octanol–water partition coefficient (Wildman–Crippen LogP) is 4.98. The van der Waals surface area contributed by atoms with Crippen molar-refractivity contribution in [2.45, 2.75) is 31.5 Å². The Morgan fingerprint density at radius 2 is 1.94 bits per heavy atom. The number of hydrogen-bond acceptors (Lipinski definition) is 5. The summed E-state index contributed by atoms with van der Waals surface area (Å²) in [6.07, 6.45) is 5.46. The molecule has 0 saturated carbocycles. The molecule has 0 fully saturated rings. The topological polar surface area (TPSA) is 70.7 Å². The monoisotopic (exact) mass is 466 g/mol. The number of pyridine rings is 1. The zero-order valence-electron chi connectivity index (χ0n) is 18.3. The first-order valence-electron chi connectivity index (χ1n) is 10.8. The number of rotatable bonds is 5. The first-order chi connectivity index (χ1) is 16.4. The molecule has 0 N–H and O–H groups in total. The Bertz CT molecular complexity index is 1330. The molecular weight excluding hydrogens is 445 g/mol. The van der Waals surface area contributed by atoms with E-state index in [0.717, 1.165) is 18.2 Å². The Morgan fingerprint density at radius 1 is 1.09 bits per heavy atom. The van der Waals surface area contributed by atoms with Gasteiger partial charge in [0.05, 0.1) is 24.7 Å². The third kappa shape index (κ3) is 4.18. The van der Waals surface area contributed by atoms with Crippen molar-refractivity contribution in [3.63, 3.8) is 0 Å². The van der Waals surface area contributed by atoms with Gasteiger partial charge in [0.25, 0.3) is 0 Å². The van der Waals surface area contributed by atoms with Crippen LogP contribution in [0, 0.1) is 0 Å². The molecule has 0 spiro atoms. The van der Waals surface area contributed by atoms with Crippen molar-refractivity contribution in [1.29, 1.82) is 0 Å². The molecule has 0 aliphatic carbocycles. The SMILES string of the molecule is COc1nc(C=Cc2nc3n(n2)CCC[C@H]3c2ccccc2C(F)(F)F)ccc1-n1ccnc1. The zero-order valence-corrected chi connectivity index (χ0v) is 18.3. The molecule has 0 radical (unpaired) electrons. The third-order valence-corrected chi connectivity index (χ3v) is 5.77. The van der Waals surface area contributed by atoms with Crippen LogP contribution < -0.4 is 4.74 Å². The van der Waals surface area contributed by atoms with Crippen molar-refractivity contribution in [1.82, 2.24) is 29.3 Å². The fraction of sp³-hybridized carbons (Fsp3) is 0.250. The Labute approximate surface area is 193 Å². The highest BCUT2D eigenvalue weighted by Gasteiger charge is 2.37. The summed E-state index contributed by atoms with van der Waals surface area (Å²) in [5.41, 5.74) is 0.995. The first-order valence-corrected chi connectivity index (χ1v) is 10.8. The number of aromatic nitrogens is 6. The quantitative estimate of drug-likeness (QED) is 0.415. The molecule has 7 nitrogen and oxygen atoms in total. The lowest BCUT2D eigenvalue weighted by atomic mass is 9.88. The summed E-state index contributed by atoms with van der Waals surface area (Å²) in [6, 6.07) is 9.39. The highest BCUT2D eigenvalue weighted by molar-refractivity contribution is 5.65. The van der Waals surface area contributed by atoms with E-state index in [0.29, 0.717) is 36.2 Å². The maximum atomic E-state index is 13.6. The minimum Gasteiger partial charge on any atom is -0.479 e. The zero-order chi connectivity index (χ0) is 23.7. The summed E-state index contributed by atoms with van der Waals surface area (Å²) in [5, 5.41) is 4.50. The molecular formula is C24H21F3N6O. The Kier molecular flexibility index (Phi) is 5.64. The molecule has 1 atom stereocenters. The van der Waals surface area contributed by atoms with Crippen molar-refractivity contribution in [3.8, 4) is 11.6 Å². The first kappa shape index (κ1) is 21.9. The van der Waals surface area contributed by atoms with Gasteiger partial charge in [0.2, 0.25) is 5.88 Å². The number of fused-ring (bicyclic) bond motifs is 1. The van der Waals surface area contributed by atoms with Crippen LogP contribution in [0.15, 0.2) is 55.1 Å². The second kappa shape index (κ2) is 8.77. The molecule has 1 aromatic carbocycles. The van der Waals surface area contributed by atoms with Gasteiger partial charge in [-0.25, -0.2) is 19.6 Å². The molecule has 10 heteroatoms. The smallest absolute Gasteiger partial charge is 0.416 e. The number of benzene rings is 1. The van der Waals surface area contributed by atoms with E-state index in [2.05, 4.69) is 20.1 Å². The molecule has 34 heavy (non-hydrogen) atoms. The number of imidazole rings is 1. The van der Waals surface area contributed by atoms with E-state index >= 15 is 0 Å². The average molecular weight is 466 g/mol. The molecule has 0 amide bonds. The van der Waals surface area contributed by atoms with Crippen LogP contribution in [0.25, 0.3) is 17.8 Å². The summed E-state index contributed by atoms with van der Waals surface area (Å²) in [6.45, 7) is 0.618. The number of ether oxygens (including phenoxy) is 1. The van der Waals surface area contributed by atoms with Gasteiger partial charge in [0, 0.05) is 24.9 Å². The van der Waals surface area contributed by atoms with Gasteiger partial charge < -0.3 is 9.30 Å². The Hall–Kier alpha value is -3.95. The van der Waals surface area contributed by atoms with Crippen LogP contribution in [-0.2, 0) is 12.7 Å². The molecule has 4 aromatic rings. The highest BCUT2D eigenvalue weighted by atomic mass is 19.4. The van der Waals surface area contributed by atoms with Crippen molar-refractivity contribution in [2.75, 3.05) is 7.11 Å². The number of nitrogens with zero attached hydrogens (tertiary/aromatic N) is 6. The molecule has 1 aliphatic rings. The van der Waals surface area contributed by atoms with Gasteiger partial charge in [0.15, 0.2) is 5.82 Å². The average Bonchev–Trinajstić information content (AvgIpc) is 3.52. The number of hydrogen-bond donors (Lipinski definition) is 0. The van der Waals surface area contributed by atoms with Crippen LogP contribution >= 0.6 is 0 Å². The van der Waals surface area contributed by atoms with Gasteiger partial charge >= 0.3 is 6.18 Å². The normalized spacial score (nSPS) is 16.1. The van der Waals surface area contributed by atoms with Crippen LogP contribution in [0.4, 0.5) is 13.2 Å². The highest BCUT2D eigenvalue weighted by Crippen LogP contribution is 2.40. The third-order valence-electron chi connectivity index (χ3n) is 5.77. The molecule has 4 heterocycles. The molecule has 5 rings (SSSR count). The van der Waals surface area contributed by atoms with Gasteiger partial charge in [-0.3, -0.25) is 0 Å². The van der Waals surface area contributed by atoms with Gasteiger partial charge in [-0.05, 0) is 48.8 Å². The number of alkyl halides is 3. The van der Waals surface area contributed by atoms with Crippen molar-refractivity contribution >= 4 is 12.2 Å². The van der Waals surface area contributed by atoms with E-state index in [1.807, 2.05) is 12.1 Å². The maximum absolute atomic E-state index is 13.6. The lowest BCUT2D eigenvalue weighted by Gasteiger charge is -2.25. The van der Waals surface area contributed by atoms with E-state index in [1.165, 1.54) is 12.1 Å². The van der Waals surface area contributed by atoms with Gasteiger partial charge in [-0.15, -0.1) is 0 Å². The van der Waals surface area contributed by atoms with Crippen LogP contribution in [-0.4, -0.2) is 36.4 Å². The van der Waals surface area contributed by atoms with E-state index in [-0.39, 0.29) is 5.56 Å². The Morgan fingerprint density at radius 3 is 2.71 bits per heavy atom. The lowest BCUT2D eigenvalue weighted by molar-refractivity contribution is -0.138. The summed E-state index contributed by atoms with van der Waals surface area (Å²) in [7, 11) is 1.54. The molecule has 174 valence electrons. The van der Waals surface area contributed by atoms with Gasteiger partial charge in [-0.1, -0.05) is 18.2 Å². The predicted molar refractivity (Wildman–Crippen MR) is 119 cm³/mol. The van der Waals surface area contributed by atoms with Crippen LogP contribution in [0.2, 0.25) is 0 Å². The summed E-state index contributed by atoms with van der Waals surface area (Å²) in [4.78, 5) is 13.1. The van der Waals surface area contributed by atoms with Crippen molar-refractivity contribution in [3.05, 3.63) is 83.6 Å². The molecule has 0 saturated heterocycles. The number of methoxy groups -OCH3 is 1. The summed E-state index contributed by atoms with van der Waals surface area (Å²) < 4.78 is 49.7. The van der Waals surface area contributed by atoms with E-state index in [1.54, 1.807) is 53.3 Å².